The second kappa shape index (κ2) is 5.30. The van der Waals surface area contributed by atoms with Gasteiger partial charge in [0.2, 0.25) is 0 Å². The summed E-state index contributed by atoms with van der Waals surface area (Å²) in [5.74, 6) is 0. The molecule has 0 atom stereocenters. The molecule has 0 aliphatic rings. The number of anilines is 1. The number of nitro benzene ring substituents is 1. The van der Waals surface area contributed by atoms with Gasteiger partial charge in [0.05, 0.1) is 16.2 Å². The van der Waals surface area contributed by atoms with Crippen molar-refractivity contribution in [3.05, 3.63) is 49.2 Å². The summed E-state index contributed by atoms with van der Waals surface area (Å²) in [4.78, 5) is 23.4. The predicted molar refractivity (Wildman–Crippen MR) is 78.3 cm³/mol. The fourth-order valence-corrected chi connectivity index (χ4v) is 4.19. The highest BCUT2D eigenvalue weighted by molar-refractivity contribution is 7.94. The number of aromatic nitrogens is 1. The van der Waals surface area contributed by atoms with Gasteiger partial charge in [-0.05, 0) is 19.9 Å². The van der Waals surface area contributed by atoms with E-state index in [1.165, 1.54) is 32.0 Å². The van der Waals surface area contributed by atoms with Crippen molar-refractivity contribution >= 4 is 32.7 Å². The zero-order chi connectivity index (χ0) is 15.8. The Labute approximate surface area is 123 Å². The third-order valence-electron chi connectivity index (χ3n) is 2.77. The monoisotopic (exact) mass is 329 g/mol. The number of sulfonamides is 1. The van der Waals surface area contributed by atoms with Crippen molar-refractivity contribution in [2.24, 2.45) is 0 Å². The van der Waals surface area contributed by atoms with E-state index in [9.17, 15) is 23.3 Å². The molecular formula is C11H11N3O5S2. The Kier molecular flexibility index (Phi) is 3.83. The van der Waals surface area contributed by atoms with Crippen molar-refractivity contribution in [1.82, 2.24) is 4.98 Å². The zero-order valence-corrected chi connectivity index (χ0v) is 12.7. The van der Waals surface area contributed by atoms with Gasteiger partial charge in [-0.1, -0.05) is 17.4 Å². The predicted octanol–water partition coefficient (Wildman–Crippen LogP) is 1.76. The van der Waals surface area contributed by atoms with Gasteiger partial charge in [0, 0.05) is 11.8 Å². The molecular weight excluding hydrogens is 318 g/mol. The molecule has 112 valence electrons. The van der Waals surface area contributed by atoms with E-state index in [1.54, 1.807) is 0 Å². The first-order chi connectivity index (χ1) is 9.72. The van der Waals surface area contributed by atoms with Gasteiger partial charge in [0.25, 0.3) is 15.7 Å². The third-order valence-corrected chi connectivity index (χ3v) is 5.74. The molecule has 1 heterocycles. The van der Waals surface area contributed by atoms with Gasteiger partial charge in [-0.2, -0.15) is 0 Å². The fourth-order valence-electron chi connectivity index (χ4n) is 1.77. The number of hydrogen-bond acceptors (Lipinski definition) is 6. The number of nitro groups is 1. The van der Waals surface area contributed by atoms with Crippen LogP contribution in [0.5, 0.6) is 0 Å². The molecule has 1 aromatic carbocycles. The van der Waals surface area contributed by atoms with Crippen molar-refractivity contribution in [1.29, 1.82) is 0 Å². The van der Waals surface area contributed by atoms with Gasteiger partial charge in [0.15, 0.2) is 4.21 Å². The van der Waals surface area contributed by atoms with Crippen molar-refractivity contribution < 1.29 is 13.3 Å². The minimum atomic E-state index is -3.97. The molecule has 21 heavy (non-hydrogen) atoms. The van der Waals surface area contributed by atoms with E-state index in [0.29, 0.717) is 11.3 Å². The van der Waals surface area contributed by atoms with Crippen LogP contribution in [0.15, 0.2) is 27.2 Å². The van der Waals surface area contributed by atoms with Crippen molar-refractivity contribution in [3.63, 3.8) is 0 Å². The maximum Gasteiger partial charge on any atom is 0.306 e. The van der Waals surface area contributed by atoms with Crippen LogP contribution in [0.1, 0.15) is 11.3 Å². The number of nitrogens with one attached hydrogen (secondary N) is 2. The molecule has 1 aromatic heterocycles. The molecule has 0 aliphatic heterocycles. The number of benzene rings is 1. The second-order valence-electron chi connectivity index (χ2n) is 4.24. The van der Waals surface area contributed by atoms with E-state index >= 15 is 0 Å². The van der Waals surface area contributed by atoms with Crippen LogP contribution in [0.4, 0.5) is 11.4 Å². The van der Waals surface area contributed by atoms with Crippen LogP contribution in [0.25, 0.3) is 0 Å². The first-order valence-corrected chi connectivity index (χ1v) is 7.99. The molecule has 0 unspecified atom stereocenters. The lowest BCUT2D eigenvalue weighted by Gasteiger charge is -2.09. The Bertz CT molecular complexity index is 866. The molecule has 0 fully saturated rings. The summed E-state index contributed by atoms with van der Waals surface area (Å²) in [5, 5.41) is 10.9. The average molecular weight is 329 g/mol. The van der Waals surface area contributed by atoms with Crippen molar-refractivity contribution in [3.8, 4) is 0 Å². The van der Waals surface area contributed by atoms with Crippen molar-refractivity contribution in [2.45, 2.75) is 18.1 Å². The number of nitrogens with zero attached hydrogens (tertiary/aromatic N) is 1. The van der Waals surface area contributed by atoms with Gasteiger partial charge in [0.1, 0.15) is 0 Å². The average Bonchev–Trinajstić information content (AvgIpc) is 2.71. The van der Waals surface area contributed by atoms with E-state index < -0.39 is 19.8 Å². The molecule has 2 rings (SSSR count). The largest absolute Gasteiger partial charge is 0.315 e. The summed E-state index contributed by atoms with van der Waals surface area (Å²) < 4.78 is 26.6. The van der Waals surface area contributed by atoms with Crippen LogP contribution in [0, 0.1) is 24.0 Å². The van der Waals surface area contributed by atoms with Crippen LogP contribution < -0.4 is 9.60 Å². The van der Waals surface area contributed by atoms with Crippen LogP contribution in [-0.4, -0.2) is 18.3 Å². The summed E-state index contributed by atoms with van der Waals surface area (Å²) in [6, 6.07) is 4.09. The number of thiazole rings is 1. The normalized spacial score (nSPS) is 11.3. The first kappa shape index (κ1) is 15.2. The lowest BCUT2D eigenvalue weighted by Crippen LogP contribution is -2.14. The first-order valence-electron chi connectivity index (χ1n) is 5.69. The van der Waals surface area contributed by atoms with Gasteiger partial charge in [-0.15, -0.1) is 0 Å². The number of H-pyrrole nitrogens is 1. The lowest BCUT2D eigenvalue weighted by molar-refractivity contribution is -0.385. The lowest BCUT2D eigenvalue weighted by atomic mass is 10.2. The standard InChI is InChI=1S/C11H11N3O5S2/c1-6-8(4-3-5-9(6)14(16)17)13-21(18,19)10-7(2)12-11(15)20-10/h3-5,13H,1-2H3,(H,12,15). The summed E-state index contributed by atoms with van der Waals surface area (Å²) in [6.07, 6.45) is 0. The number of aromatic amines is 1. The maximum absolute atomic E-state index is 12.2. The van der Waals surface area contributed by atoms with Crippen LogP contribution in [0.2, 0.25) is 0 Å². The van der Waals surface area contributed by atoms with E-state index in [4.69, 9.17) is 0 Å². The molecule has 0 radical (unpaired) electrons. The van der Waals surface area contributed by atoms with Crippen LogP contribution in [0.3, 0.4) is 0 Å². The Morgan fingerprint density at radius 3 is 2.52 bits per heavy atom. The summed E-state index contributed by atoms with van der Waals surface area (Å²) in [6.45, 7) is 2.91. The van der Waals surface area contributed by atoms with E-state index in [1.807, 2.05) is 0 Å². The summed E-state index contributed by atoms with van der Waals surface area (Å²) in [5.41, 5.74) is 0.339. The summed E-state index contributed by atoms with van der Waals surface area (Å²) >= 11 is 0.561. The Balaban J connectivity index is 2.47. The molecule has 2 N–H and O–H groups in total. The van der Waals surface area contributed by atoms with Crippen LogP contribution >= 0.6 is 11.3 Å². The SMILES string of the molecule is Cc1[nH]c(=O)sc1S(=O)(=O)Nc1cccc([N+](=O)[O-])c1C. The Hall–Kier alpha value is -2.20. The fraction of sp³-hybridized carbons (Fsp3) is 0.182. The second-order valence-corrected chi connectivity index (χ2v) is 7.10. The molecule has 0 saturated heterocycles. The molecule has 10 heteroatoms. The van der Waals surface area contributed by atoms with Crippen molar-refractivity contribution in [2.75, 3.05) is 4.72 Å². The molecule has 8 nitrogen and oxygen atoms in total. The minimum Gasteiger partial charge on any atom is -0.315 e. The van der Waals surface area contributed by atoms with Gasteiger partial charge in [-0.3, -0.25) is 19.6 Å². The highest BCUT2D eigenvalue weighted by Gasteiger charge is 2.23. The van der Waals surface area contributed by atoms with E-state index in [2.05, 4.69) is 9.71 Å². The highest BCUT2D eigenvalue weighted by atomic mass is 32.2. The van der Waals surface area contributed by atoms with Crippen LogP contribution in [-0.2, 0) is 10.0 Å². The topological polar surface area (TPSA) is 122 Å². The molecule has 2 aromatic rings. The molecule has 0 spiro atoms. The molecule has 0 aliphatic carbocycles. The molecule has 0 bridgehead atoms. The number of hydrogen-bond donors (Lipinski definition) is 2. The third kappa shape index (κ3) is 2.95. The summed E-state index contributed by atoms with van der Waals surface area (Å²) in [7, 11) is -3.97. The molecule has 0 saturated carbocycles. The maximum atomic E-state index is 12.2. The Morgan fingerprint density at radius 1 is 1.33 bits per heavy atom. The van der Waals surface area contributed by atoms with E-state index in [0.717, 1.165) is 0 Å². The smallest absolute Gasteiger partial charge is 0.306 e. The minimum absolute atomic E-state index is 0.101. The number of aryl methyl sites for hydroxylation is 1. The molecule has 0 amide bonds. The van der Waals surface area contributed by atoms with Gasteiger partial charge >= 0.3 is 4.87 Å². The quantitative estimate of drug-likeness (QED) is 0.653. The number of rotatable bonds is 4. The highest BCUT2D eigenvalue weighted by Crippen LogP contribution is 2.28. The zero-order valence-electron chi connectivity index (χ0n) is 11.0. The Morgan fingerprint density at radius 2 is 2.00 bits per heavy atom. The van der Waals surface area contributed by atoms with E-state index in [-0.39, 0.29) is 26.8 Å². The van der Waals surface area contributed by atoms with Gasteiger partial charge in [-0.25, -0.2) is 8.42 Å². The van der Waals surface area contributed by atoms with Gasteiger partial charge < -0.3 is 4.98 Å².